The Kier molecular flexibility index (Phi) is 4.84. The molecule has 0 aromatic heterocycles. The van der Waals surface area contributed by atoms with E-state index in [9.17, 15) is 4.79 Å². The van der Waals surface area contributed by atoms with Crippen molar-refractivity contribution < 1.29 is 19.0 Å². The van der Waals surface area contributed by atoms with Gasteiger partial charge in [0.25, 0.3) is 0 Å². The van der Waals surface area contributed by atoms with Crippen molar-refractivity contribution >= 4 is 11.7 Å². The van der Waals surface area contributed by atoms with Crippen molar-refractivity contribution in [1.82, 2.24) is 0 Å². The fourth-order valence-electron chi connectivity index (χ4n) is 2.22. The highest BCUT2D eigenvalue weighted by atomic mass is 16.5. The second-order valence-corrected chi connectivity index (χ2v) is 4.89. The van der Waals surface area contributed by atoms with Gasteiger partial charge in [-0.15, -0.1) is 0 Å². The number of carbonyl (C=O) groups is 1. The summed E-state index contributed by atoms with van der Waals surface area (Å²) < 4.78 is 16.2. The molecule has 0 saturated carbocycles. The molecule has 1 saturated heterocycles. The molecule has 0 bridgehead atoms. The number of anilines is 1. The number of hydrogen-bond acceptors (Lipinski definition) is 5. The SMILES string of the molecule is CCOC(=O)c1cc(C)cc(OCC2CCCO2)c1N. The van der Waals surface area contributed by atoms with Gasteiger partial charge in [0.2, 0.25) is 0 Å². The third kappa shape index (κ3) is 3.42. The molecule has 0 amide bonds. The van der Waals surface area contributed by atoms with Crippen LogP contribution < -0.4 is 10.5 Å². The number of nitrogen functional groups attached to an aromatic ring is 1. The van der Waals surface area contributed by atoms with Crippen molar-refractivity contribution in [3.8, 4) is 5.75 Å². The minimum atomic E-state index is -0.421. The summed E-state index contributed by atoms with van der Waals surface area (Å²) in [5.41, 5.74) is 7.59. The molecule has 5 heteroatoms. The lowest BCUT2D eigenvalue weighted by Gasteiger charge is -2.15. The Labute approximate surface area is 119 Å². The lowest BCUT2D eigenvalue weighted by atomic mass is 10.1. The average molecular weight is 279 g/mol. The van der Waals surface area contributed by atoms with Gasteiger partial charge in [-0.05, 0) is 44.4 Å². The van der Waals surface area contributed by atoms with E-state index in [2.05, 4.69) is 0 Å². The standard InChI is InChI=1S/C15H21NO4/c1-3-18-15(17)12-7-10(2)8-13(14(12)16)20-9-11-5-4-6-19-11/h7-8,11H,3-6,9,16H2,1-2H3. The lowest BCUT2D eigenvalue weighted by molar-refractivity contribution is 0.0526. The normalized spacial score (nSPS) is 18.0. The van der Waals surface area contributed by atoms with Gasteiger partial charge in [-0.1, -0.05) is 0 Å². The van der Waals surface area contributed by atoms with Gasteiger partial charge in [-0.25, -0.2) is 4.79 Å². The molecule has 0 radical (unpaired) electrons. The molecule has 0 spiro atoms. The molecule has 1 aliphatic heterocycles. The summed E-state index contributed by atoms with van der Waals surface area (Å²) in [7, 11) is 0. The minimum absolute atomic E-state index is 0.112. The number of esters is 1. The van der Waals surface area contributed by atoms with Gasteiger partial charge >= 0.3 is 5.97 Å². The summed E-state index contributed by atoms with van der Waals surface area (Å²) in [6, 6.07) is 3.54. The van der Waals surface area contributed by atoms with E-state index in [-0.39, 0.29) is 6.10 Å². The molecule has 1 aliphatic rings. The maximum absolute atomic E-state index is 11.8. The van der Waals surface area contributed by atoms with E-state index in [4.69, 9.17) is 19.9 Å². The summed E-state index contributed by atoms with van der Waals surface area (Å²) in [6.45, 7) is 5.21. The number of aryl methyl sites for hydroxylation is 1. The summed E-state index contributed by atoms with van der Waals surface area (Å²) in [4.78, 5) is 11.8. The highest BCUT2D eigenvalue weighted by Gasteiger charge is 2.19. The molecular formula is C15H21NO4. The van der Waals surface area contributed by atoms with E-state index in [1.807, 2.05) is 13.0 Å². The van der Waals surface area contributed by atoms with Gasteiger partial charge in [0.15, 0.2) is 0 Å². The predicted octanol–water partition coefficient (Wildman–Crippen LogP) is 2.31. The second kappa shape index (κ2) is 6.61. The van der Waals surface area contributed by atoms with E-state index in [0.29, 0.717) is 30.2 Å². The van der Waals surface area contributed by atoms with Crippen molar-refractivity contribution in [3.05, 3.63) is 23.3 Å². The Balaban J connectivity index is 2.13. The van der Waals surface area contributed by atoms with Crippen LogP contribution in [0.4, 0.5) is 5.69 Å². The van der Waals surface area contributed by atoms with Crippen molar-refractivity contribution in [2.75, 3.05) is 25.6 Å². The van der Waals surface area contributed by atoms with Crippen LogP contribution >= 0.6 is 0 Å². The van der Waals surface area contributed by atoms with Crippen LogP contribution in [0, 0.1) is 6.92 Å². The summed E-state index contributed by atoms with van der Waals surface area (Å²) in [6.07, 6.45) is 2.17. The quantitative estimate of drug-likeness (QED) is 0.661. The first-order chi connectivity index (χ1) is 9.61. The molecule has 2 N–H and O–H groups in total. The smallest absolute Gasteiger partial charge is 0.340 e. The Morgan fingerprint density at radius 3 is 2.95 bits per heavy atom. The topological polar surface area (TPSA) is 70.8 Å². The van der Waals surface area contributed by atoms with Gasteiger partial charge in [-0.2, -0.15) is 0 Å². The fraction of sp³-hybridized carbons (Fsp3) is 0.533. The second-order valence-electron chi connectivity index (χ2n) is 4.89. The first-order valence-electron chi connectivity index (χ1n) is 6.93. The first kappa shape index (κ1) is 14.7. The number of hydrogen-bond donors (Lipinski definition) is 1. The molecule has 1 fully saturated rings. The fourth-order valence-corrected chi connectivity index (χ4v) is 2.22. The van der Waals surface area contributed by atoms with Crippen LogP contribution in [0.5, 0.6) is 5.75 Å². The molecular weight excluding hydrogens is 258 g/mol. The average Bonchev–Trinajstić information content (AvgIpc) is 2.92. The van der Waals surface area contributed by atoms with Crippen LogP contribution in [-0.4, -0.2) is 31.9 Å². The van der Waals surface area contributed by atoms with Crippen molar-refractivity contribution in [2.24, 2.45) is 0 Å². The highest BCUT2D eigenvalue weighted by molar-refractivity contribution is 5.96. The molecule has 1 unspecified atom stereocenters. The number of benzene rings is 1. The Morgan fingerprint density at radius 1 is 1.50 bits per heavy atom. The number of carbonyl (C=O) groups excluding carboxylic acids is 1. The van der Waals surface area contributed by atoms with Gasteiger partial charge < -0.3 is 19.9 Å². The predicted molar refractivity (Wildman–Crippen MR) is 76.0 cm³/mol. The number of rotatable bonds is 5. The van der Waals surface area contributed by atoms with E-state index < -0.39 is 5.97 Å². The van der Waals surface area contributed by atoms with Crippen molar-refractivity contribution in [3.63, 3.8) is 0 Å². The van der Waals surface area contributed by atoms with Gasteiger partial charge in [0.1, 0.15) is 12.4 Å². The third-order valence-corrected chi connectivity index (χ3v) is 3.23. The Morgan fingerprint density at radius 2 is 2.30 bits per heavy atom. The Hall–Kier alpha value is -1.75. The maximum atomic E-state index is 11.8. The monoisotopic (exact) mass is 279 g/mol. The van der Waals surface area contributed by atoms with E-state index in [1.54, 1.807) is 13.0 Å². The summed E-state index contributed by atoms with van der Waals surface area (Å²) in [5, 5.41) is 0. The molecule has 20 heavy (non-hydrogen) atoms. The molecule has 2 rings (SSSR count). The molecule has 5 nitrogen and oxygen atoms in total. The van der Waals surface area contributed by atoms with E-state index in [1.165, 1.54) is 0 Å². The van der Waals surface area contributed by atoms with Gasteiger partial charge in [0, 0.05) is 6.61 Å². The van der Waals surface area contributed by atoms with Crippen LogP contribution in [0.2, 0.25) is 0 Å². The van der Waals surface area contributed by atoms with Crippen LogP contribution in [0.3, 0.4) is 0 Å². The number of nitrogens with two attached hydrogens (primary N) is 1. The molecule has 110 valence electrons. The molecule has 1 heterocycles. The summed E-state index contributed by atoms with van der Waals surface area (Å²) >= 11 is 0. The van der Waals surface area contributed by atoms with Crippen LogP contribution in [0.1, 0.15) is 35.7 Å². The maximum Gasteiger partial charge on any atom is 0.340 e. The van der Waals surface area contributed by atoms with Crippen molar-refractivity contribution in [1.29, 1.82) is 0 Å². The molecule has 0 aliphatic carbocycles. The minimum Gasteiger partial charge on any atom is -0.489 e. The third-order valence-electron chi connectivity index (χ3n) is 3.23. The van der Waals surface area contributed by atoms with E-state index in [0.717, 1.165) is 25.0 Å². The van der Waals surface area contributed by atoms with Crippen LogP contribution in [-0.2, 0) is 9.47 Å². The number of ether oxygens (including phenoxy) is 3. The van der Waals surface area contributed by atoms with Crippen molar-refractivity contribution in [2.45, 2.75) is 32.8 Å². The van der Waals surface area contributed by atoms with Crippen LogP contribution in [0.15, 0.2) is 12.1 Å². The van der Waals surface area contributed by atoms with Gasteiger partial charge in [-0.3, -0.25) is 0 Å². The zero-order valence-electron chi connectivity index (χ0n) is 12.0. The lowest BCUT2D eigenvalue weighted by Crippen LogP contribution is -2.17. The summed E-state index contributed by atoms with van der Waals surface area (Å²) in [5.74, 6) is 0.0965. The first-order valence-corrected chi connectivity index (χ1v) is 6.93. The zero-order chi connectivity index (χ0) is 14.5. The van der Waals surface area contributed by atoms with E-state index >= 15 is 0 Å². The molecule has 1 atom stereocenters. The zero-order valence-corrected chi connectivity index (χ0v) is 12.0. The largest absolute Gasteiger partial charge is 0.489 e. The van der Waals surface area contributed by atoms with Crippen LogP contribution in [0.25, 0.3) is 0 Å². The molecule has 1 aromatic carbocycles. The van der Waals surface area contributed by atoms with Gasteiger partial charge in [0.05, 0.1) is 24.0 Å². The Bertz CT molecular complexity index is 481. The molecule has 1 aromatic rings. The highest BCUT2D eigenvalue weighted by Crippen LogP contribution is 2.29.